The third kappa shape index (κ3) is 5.55. The van der Waals surface area contributed by atoms with Crippen molar-refractivity contribution < 1.29 is 14.3 Å². The topological polar surface area (TPSA) is 47.6 Å². The normalized spacial score (nSPS) is 10.4. The van der Waals surface area contributed by atoms with Crippen molar-refractivity contribution in [3.8, 4) is 11.5 Å². The number of ether oxygens (including phenoxy) is 2. The number of carbonyl (C=O) groups excluding carboxylic acids is 1. The second kappa shape index (κ2) is 10.0. The fourth-order valence-corrected chi connectivity index (χ4v) is 3.37. The molecule has 0 saturated carbocycles. The van der Waals surface area contributed by atoms with E-state index in [0.717, 1.165) is 33.2 Å². The number of para-hydroxylation sites is 1. The Labute approximate surface area is 176 Å². The van der Waals surface area contributed by atoms with Crippen molar-refractivity contribution in [2.45, 2.75) is 25.3 Å². The Hall–Kier alpha value is -2.92. The summed E-state index contributed by atoms with van der Waals surface area (Å²) in [4.78, 5) is 13.9. The Balaban J connectivity index is 1.79. The number of hydrogen-bond acceptors (Lipinski definition) is 4. The number of hydrogen-bond donors (Lipinski definition) is 1. The van der Waals surface area contributed by atoms with Gasteiger partial charge in [0.1, 0.15) is 18.1 Å². The summed E-state index contributed by atoms with van der Waals surface area (Å²) in [5.74, 6) is 1.38. The van der Waals surface area contributed by atoms with Crippen molar-refractivity contribution in [2.24, 2.45) is 0 Å². The van der Waals surface area contributed by atoms with Crippen LogP contribution < -0.4 is 14.8 Å². The third-order valence-corrected chi connectivity index (χ3v) is 5.15. The lowest BCUT2D eigenvalue weighted by atomic mass is 10.1. The maximum absolute atomic E-state index is 12.8. The molecule has 0 bridgehead atoms. The van der Waals surface area contributed by atoms with Crippen LogP contribution in [-0.4, -0.2) is 18.8 Å². The Bertz CT molecular complexity index is 987. The minimum absolute atomic E-state index is 0.163. The van der Waals surface area contributed by atoms with Crippen LogP contribution in [0.25, 0.3) is 0 Å². The molecule has 1 N–H and O–H groups in total. The highest BCUT2D eigenvalue weighted by molar-refractivity contribution is 7.98. The molecule has 0 radical (unpaired) electrons. The number of benzene rings is 3. The second-order valence-electron chi connectivity index (χ2n) is 6.50. The van der Waals surface area contributed by atoms with Crippen molar-refractivity contribution >= 4 is 23.4 Å². The molecule has 0 aliphatic heterocycles. The van der Waals surface area contributed by atoms with Crippen LogP contribution in [0.5, 0.6) is 11.5 Å². The van der Waals surface area contributed by atoms with Gasteiger partial charge in [0.05, 0.1) is 6.61 Å². The van der Waals surface area contributed by atoms with Gasteiger partial charge in [0, 0.05) is 21.7 Å². The zero-order valence-corrected chi connectivity index (χ0v) is 17.7. The molecule has 0 heterocycles. The van der Waals surface area contributed by atoms with E-state index in [4.69, 9.17) is 9.47 Å². The number of carbonyl (C=O) groups is 1. The van der Waals surface area contributed by atoms with Gasteiger partial charge in [-0.25, -0.2) is 0 Å². The van der Waals surface area contributed by atoms with Crippen molar-refractivity contribution in [3.63, 3.8) is 0 Å². The predicted octanol–water partition coefficient (Wildman–Crippen LogP) is 5.95. The van der Waals surface area contributed by atoms with Crippen molar-refractivity contribution in [3.05, 3.63) is 83.4 Å². The number of anilines is 1. The molecule has 29 heavy (non-hydrogen) atoms. The predicted molar refractivity (Wildman–Crippen MR) is 119 cm³/mol. The third-order valence-electron chi connectivity index (χ3n) is 4.43. The lowest BCUT2D eigenvalue weighted by Crippen LogP contribution is -2.13. The van der Waals surface area contributed by atoms with Crippen molar-refractivity contribution in [2.75, 3.05) is 18.2 Å². The summed E-state index contributed by atoms with van der Waals surface area (Å²) in [6.45, 7) is 4.81. The molecule has 1 amide bonds. The molecule has 150 valence electrons. The smallest absolute Gasteiger partial charge is 0.255 e. The molecule has 3 rings (SSSR count). The summed E-state index contributed by atoms with van der Waals surface area (Å²) in [6.07, 6.45) is 2.01. The molecule has 0 fully saturated rings. The highest BCUT2D eigenvalue weighted by Gasteiger charge is 2.12. The van der Waals surface area contributed by atoms with E-state index < -0.39 is 0 Å². The van der Waals surface area contributed by atoms with Crippen molar-refractivity contribution in [1.82, 2.24) is 0 Å². The molecule has 3 aromatic rings. The van der Waals surface area contributed by atoms with Gasteiger partial charge in [-0.15, -0.1) is 11.8 Å². The second-order valence-corrected chi connectivity index (χ2v) is 7.38. The average Bonchev–Trinajstić information content (AvgIpc) is 2.74. The van der Waals surface area contributed by atoms with E-state index in [-0.39, 0.29) is 5.91 Å². The maximum Gasteiger partial charge on any atom is 0.255 e. The largest absolute Gasteiger partial charge is 0.493 e. The quantitative estimate of drug-likeness (QED) is 0.469. The van der Waals surface area contributed by atoms with Crippen LogP contribution in [0, 0.1) is 6.92 Å². The van der Waals surface area contributed by atoms with Crippen LogP contribution >= 0.6 is 11.8 Å². The molecule has 0 spiro atoms. The lowest BCUT2D eigenvalue weighted by molar-refractivity contribution is 0.102. The summed E-state index contributed by atoms with van der Waals surface area (Å²) in [5.41, 5.74) is 3.23. The molecule has 3 aromatic carbocycles. The van der Waals surface area contributed by atoms with Gasteiger partial charge in [0.15, 0.2) is 0 Å². The number of nitrogens with one attached hydrogen (secondary N) is 1. The lowest BCUT2D eigenvalue weighted by Gasteiger charge is -2.14. The van der Waals surface area contributed by atoms with Crippen LogP contribution in [0.1, 0.15) is 28.4 Å². The average molecular weight is 408 g/mol. The Morgan fingerprint density at radius 1 is 0.966 bits per heavy atom. The first-order chi connectivity index (χ1) is 14.1. The number of aryl methyl sites for hydroxylation is 1. The molecular weight excluding hydrogens is 382 g/mol. The highest BCUT2D eigenvalue weighted by Crippen LogP contribution is 2.25. The van der Waals surface area contributed by atoms with Gasteiger partial charge in [-0.3, -0.25) is 4.79 Å². The summed E-state index contributed by atoms with van der Waals surface area (Å²) in [6, 6.07) is 21.1. The SMILES string of the molecule is CCOc1ccc(C(=O)Nc2cccc(SC)c2)cc1COc1ccccc1C. The molecule has 0 saturated heterocycles. The van der Waals surface area contributed by atoms with E-state index in [1.165, 1.54) is 0 Å². The van der Waals surface area contributed by atoms with Gasteiger partial charge in [0.25, 0.3) is 5.91 Å². The molecular formula is C24H25NO3S. The fraction of sp³-hybridized carbons (Fsp3) is 0.208. The van der Waals surface area contributed by atoms with Gasteiger partial charge in [0.2, 0.25) is 0 Å². The summed E-state index contributed by atoms with van der Waals surface area (Å²) in [5, 5.41) is 2.96. The summed E-state index contributed by atoms with van der Waals surface area (Å²) >= 11 is 1.64. The van der Waals surface area contributed by atoms with Gasteiger partial charge in [-0.2, -0.15) is 0 Å². The molecule has 0 aliphatic carbocycles. The monoisotopic (exact) mass is 407 g/mol. The van der Waals surface area contributed by atoms with Gasteiger partial charge in [-0.05, 0) is 68.1 Å². The maximum atomic E-state index is 12.8. The van der Waals surface area contributed by atoms with E-state index in [2.05, 4.69) is 5.32 Å². The minimum Gasteiger partial charge on any atom is -0.493 e. The van der Waals surface area contributed by atoms with E-state index in [1.807, 2.05) is 80.8 Å². The zero-order valence-electron chi connectivity index (χ0n) is 16.9. The summed E-state index contributed by atoms with van der Waals surface area (Å²) in [7, 11) is 0. The van der Waals surface area contributed by atoms with E-state index in [1.54, 1.807) is 17.8 Å². The Kier molecular flexibility index (Phi) is 7.19. The van der Waals surface area contributed by atoms with Crippen LogP contribution in [-0.2, 0) is 6.61 Å². The van der Waals surface area contributed by atoms with Gasteiger partial charge in [-0.1, -0.05) is 24.3 Å². The molecule has 5 heteroatoms. The van der Waals surface area contributed by atoms with E-state index in [9.17, 15) is 4.79 Å². The highest BCUT2D eigenvalue weighted by atomic mass is 32.2. The van der Waals surface area contributed by atoms with Crippen LogP contribution in [0.15, 0.2) is 71.6 Å². The van der Waals surface area contributed by atoms with Crippen LogP contribution in [0.4, 0.5) is 5.69 Å². The summed E-state index contributed by atoms with van der Waals surface area (Å²) < 4.78 is 11.7. The molecule has 4 nitrogen and oxygen atoms in total. The first-order valence-corrected chi connectivity index (χ1v) is 10.7. The standard InChI is InChI=1S/C24H25NO3S/c1-4-27-23-13-12-18(24(26)25-20-9-7-10-21(15-20)29-3)14-19(23)16-28-22-11-6-5-8-17(22)2/h5-15H,4,16H2,1-3H3,(H,25,26). The van der Waals surface area contributed by atoms with Gasteiger partial charge < -0.3 is 14.8 Å². The minimum atomic E-state index is -0.163. The number of amides is 1. The number of thioether (sulfide) groups is 1. The zero-order chi connectivity index (χ0) is 20.6. The van der Waals surface area contributed by atoms with Gasteiger partial charge >= 0.3 is 0 Å². The first kappa shape index (κ1) is 20.8. The molecule has 0 aliphatic rings. The van der Waals surface area contributed by atoms with Crippen LogP contribution in [0.2, 0.25) is 0 Å². The van der Waals surface area contributed by atoms with E-state index in [0.29, 0.717) is 18.8 Å². The van der Waals surface area contributed by atoms with Crippen LogP contribution in [0.3, 0.4) is 0 Å². The number of rotatable bonds is 8. The Morgan fingerprint density at radius 3 is 2.55 bits per heavy atom. The fourth-order valence-electron chi connectivity index (χ4n) is 2.91. The molecule has 0 unspecified atom stereocenters. The molecule has 0 aromatic heterocycles. The molecule has 0 atom stereocenters. The first-order valence-electron chi connectivity index (χ1n) is 9.50. The van der Waals surface area contributed by atoms with E-state index >= 15 is 0 Å². The van der Waals surface area contributed by atoms with Crippen molar-refractivity contribution in [1.29, 1.82) is 0 Å². The Morgan fingerprint density at radius 2 is 1.79 bits per heavy atom.